The molecule has 11 aromatic rings. The molecule has 0 saturated carbocycles. The van der Waals surface area contributed by atoms with E-state index < -0.39 is 0 Å². The number of nitrogens with one attached hydrogen (secondary N) is 1. The van der Waals surface area contributed by atoms with E-state index in [9.17, 15) is 0 Å². The average Bonchev–Trinajstić information content (AvgIpc) is 3.90. The highest BCUT2D eigenvalue weighted by Gasteiger charge is 2.32. The van der Waals surface area contributed by atoms with Crippen LogP contribution in [0.15, 0.2) is 191 Å². The fraction of sp³-hybridized carbons (Fsp3) is 0.0200. The van der Waals surface area contributed by atoms with Crippen LogP contribution in [-0.4, -0.2) is 15.0 Å². The van der Waals surface area contributed by atoms with E-state index in [1.807, 2.05) is 0 Å². The van der Waals surface area contributed by atoms with Crippen LogP contribution in [0.25, 0.3) is 82.2 Å². The second-order valence-corrected chi connectivity index (χ2v) is 14.4. The third kappa shape index (κ3) is 4.50. The molecule has 12 rings (SSSR count). The topological polar surface area (TPSA) is 47.4 Å². The van der Waals surface area contributed by atoms with Crippen LogP contribution in [0.4, 0.5) is 5.88 Å². The Morgan fingerprint density at radius 2 is 1.07 bits per heavy atom. The fourth-order valence-corrected chi connectivity index (χ4v) is 8.88. The first-order valence-corrected chi connectivity index (χ1v) is 18.7. The van der Waals surface area contributed by atoms with Gasteiger partial charge >= 0.3 is 0 Å². The molecule has 1 aliphatic heterocycles. The number of aromatic nitrogens is 2. The smallest absolute Gasteiger partial charge is 0.229 e. The number of hydrogen-bond acceptors (Lipinski definition) is 3. The van der Waals surface area contributed by atoms with E-state index in [4.69, 9.17) is 9.41 Å². The van der Waals surface area contributed by atoms with Crippen molar-refractivity contribution in [1.29, 1.82) is 0 Å². The predicted octanol–water partition coefficient (Wildman–Crippen LogP) is 12.7. The summed E-state index contributed by atoms with van der Waals surface area (Å²) < 4.78 is 11.5. The first-order valence-electron chi connectivity index (χ1n) is 18.7. The average molecular weight is 705 g/mol. The van der Waals surface area contributed by atoms with Crippen molar-refractivity contribution in [2.24, 2.45) is 4.99 Å². The molecule has 1 N–H and O–H groups in total. The Kier molecular flexibility index (Phi) is 6.33. The maximum Gasteiger partial charge on any atom is 0.229 e. The van der Waals surface area contributed by atoms with E-state index in [1.54, 1.807) is 0 Å². The highest BCUT2D eigenvalue weighted by Crippen LogP contribution is 2.45. The molecule has 1 unspecified atom stereocenters. The van der Waals surface area contributed by atoms with Gasteiger partial charge in [-0.2, -0.15) is 4.99 Å². The summed E-state index contributed by atoms with van der Waals surface area (Å²) in [5, 5.41) is 12.3. The lowest BCUT2D eigenvalue weighted by molar-refractivity contribution is 0.549. The number of rotatable bonds is 4. The van der Waals surface area contributed by atoms with Gasteiger partial charge in [0, 0.05) is 38.2 Å². The monoisotopic (exact) mass is 704 g/mol. The summed E-state index contributed by atoms with van der Waals surface area (Å²) in [6, 6.07) is 65.0. The molecule has 3 aromatic heterocycles. The van der Waals surface area contributed by atoms with Crippen LogP contribution in [0.3, 0.4) is 0 Å². The minimum Gasteiger partial charge on any atom is -0.438 e. The van der Waals surface area contributed by atoms with Gasteiger partial charge in [-0.3, -0.25) is 0 Å². The highest BCUT2D eigenvalue weighted by atomic mass is 16.3. The molecule has 0 bridgehead atoms. The van der Waals surface area contributed by atoms with Gasteiger partial charge in [-0.05, 0) is 88.6 Å². The largest absolute Gasteiger partial charge is 0.438 e. The zero-order chi connectivity index (χ0) is 36.0. The number of amidine groups is 1. The quantitative estimate of drug-likeness (QED) is 0.198. The Balaban J connectivity index is 1.12. The number of nitrogens with zero attached hydrogens (tertiary/aromatic N) is 3. The first-order chi connectivity index (χ1) is 27.3. The summed E-state index contributed by atoms with van der Waals surface area (Å²) in [6.07, 6.45) is -0.320. The van der Waals surface area contributed by atoms with Crippen LogP contribution < -0.4 is 5.32 Å². The molecule has 0 spiro atoms. The van der Waals surface area contributed by atoms with E-state index in [2.05, 4.69) is 196 Å². The van der Waals surface area contributed by atoms with Crippen molar-refractivity contribution in [3.05, 3.63) is 193 Å². The molecule has 4 heterocycles. The Morgan fingerprint density at radius 1 is 0.455 bits per heavy atom. The van der Waals surface area contributed by atoms with Crippen LogP contribution in [0.5, 0.6) is 0 Å². The predicted molar refractivity (Wildman–Crippen MR) is 227 cm³/mol. The van der Waals surface area contributed by atoms with Crippen LogP contribution in [0.1, 0.15) is 17.3 Å². The summed E-state index contributed by atoms with van der Waals surface area (Å²) in [4.78, 5) is 5.30. The zero-order valence-corrected chi connectivity index (χ0v) is 29.6. The van der Waals surface area contributed by atoms with Crippen molar-refractivity contribution in [2.75, 3.05) is 0 Å². The second kappa shape index (κ2) is 11.6. The molecule has 258 valence electrons. The third-order valence-electron chi connectivity index (χ3n) is 11.4. The van der Waals surface area contributed by atoms with Crippen LogP contribution in [0, 0.1) is 0 Å². The van der Waals surface area contributed by atoms with Crippen LogP contribution >= 0.6 is 0 Å². The highest BCUT2D eigenvalue weighted by molar-refractivity contribution is 6.15. The zero-order valence-electron chi connectivity index (χ0n) is 29.6. The van der Waals surface area contributed by atoms with Crippen molar-refractivity contribution in [3.63, 3.8) is 0 Å². The fourth-order valence-electron chi connectivity index (χ4n) is 8.88. The molecule has 0 saturated heterocycles. The van der Waals surface area contributed by atoms with Crippen LogP contribution in [-0.2, 0) is 0 Å². The van der Waals surface area contributed by atoms with Crippen molar-refractivity contribution < 1.29 is 4.42 Å². The van der Waals surface area contributed by atoms with Crippen molar-refractivity contribution >= 4 is 77.1 Å². The van der Waals surface area contributed by atoms with Crippen molar-refractivity contribution in [2.45, 2.75) is 6.17 Å². The van der Waals surface area contributed by atoms with Gasteiger partial charge in [0.05, 0.1) is 27.6 Å². The van der Waals surface area contributed by atoms with E-state index in [-0.39, 0.29) is 6.17 Å². The summed E-state index contributed by atoms with van der Waals surface area (Å²) in [6.45, 7) is 0. The number of benzene rings is 8. The van der Waals surface area contributed by atoms with Gasteiger partial charge in [0.15, 0.2) is 0 Å². The summed E-state index contributed by atoms with van der Waals surface area (Å²) in [5.41, 5.74) is 10.9. The van der Waals surface area contributed by atoms with Gasteiger partial charge < -0.3 is 18.9 Å². The summed E-state index contributed by atoms with van der Waals surface area (Å²) >= 11 is 0. The SMILES string of the molecule is c1ccc(-c2ccc3oc4c(c3c2)C(n2c3ccccc3c3cc5ccccc5cc32)NC(c2ccc3c(c2)c2ccccc2n3-c2ccccc2)=N4)cc1. The maximum absolute atomic E-state index is 6.73. The Bertz CT molecular complexity index is 3350. The van der Waals surface area contributed by atoms with Crippen LogP contribution in [0.2, 0.25) is 0 Å². The van der Waals surface area contributed by atoms with E-state index >= 15 is 0 Å². The number of hydrogen-bond donors (Lipinski definition) is 1. The van der Waals surface area contributed by atoms with Gasteiger partial charge in [0.2, 0.25) is 5.88 Å². The first kappa shape index (κ1) is 30.1. The van der Waals surface area contributed by atoms with Crippen molar-refractivity contribution in [3.8, 4) is 16.8 Å². The van der Waals surface area contributed by atoms with Gasteiger partial charge in [-0.15, -0.1) is 0 Å². The van der Waals surface area contributed by atoms with Gasteiger partial charge in [-0.1, -0.05) is 115 Å². The molecular formula is C50H32N4O. The molecule has 5 heteroatoms. The standard InChI is InChI=1S/C50H32N4O/c1-3-13-31(14-4-1)34-24-26-46-41(28-34)47-49(54-43-22-12-10-20-38(43)40-27-32-15-7-8-16-33(32)30-45(40)54)51-48(52-50(47)55-46)35-23-25-44-39(29-35)37-19-9-11-21-42(37)53(44)36-17-5-2-6-18-36/h1-30,49H,(H,51,52). The molecule has 8 aromatic carbocycles. The van der Waals surface area contributed by atoms with Crippen molar-refractivity contribution in [1.82, 2.24) is 14.5 Å². The maximum atomic E-state index is 6.73. The number of para-hydroxylation sites is 3. The number of furan rings is 1. The number of fused-ring (bicyclic) bond motifs is 10. The van der Waals surface area contributed by atoms with Gasteiger partial charge in [0.25, 0.3) is 0 Å². The van der Waals surface area contributed by atoms with E-state index in [1.165, 1.54) is 37.8 Å². The Labute approximate surface area is 316 Å². The lowest BCUT2D eigenvalue weighted by atomic mass is 10.0. The van der Waals surface area contributed by atoms with E-state index in [0.717, 1.165) is 61.3 Å². The Morgan fingerprint density at radius 3 is 1.89 bits per heavy atom. The minimum atomic E-state index is -0.320. The lowest BCUT2D eigenvalue weighted by Gasteiger charge is -2.28. The summed E-state index contributed by atoms with van der Waals surface area (Å²) in [5.74, 6) is 1.39. The molecule has 0 fully saturated rings. The molecule has 55 heavy (non-hydrogen) atoms. The Hall–Kier alpha value is -7.37. The molecule has 0 radical (unpaired) electrons. The normalized spacial score (nSPS) is 14.3. The van der Waals surface area contributed by atoms with Gasteiger partial charge in [-0.25, -0.2) is 0 Å². The molecule has 5 nitrogen and oxygen atoms in total. The minimum absolute atomic E-state index is 0.320. The molecular weight excluding hydrogens is 673 g/mol. The third-order valence-corrected chi connectivity index (χ3v) is 11.4. The van der Waals surface area contributed by atoms with Gasteiger partial charge in [0.1, 0.15) is 17.6 Å². The lowest BCUT2D eigenvalue weighted by Crippen LogP contribution is -2.36. The molecule has 1 aliphatic rings. The summed E-state index contributed by atoms with van der Waals surface area (Å²) in [7, 11) is 0. The molecule has 1 atom stereocenters. The number of aliphatic imine (C=N–C) groups is 1. The molecule has 0 amide bonds. The van der Waals surface area contributed by atoms with E-state index in [0.29, 0.717) is 5.88 Å². The molecule has 0 aliphatic carbocycles. The second-order valence-electron chi connectivity index (χ2n) is 14.4.